The molecule has 36 heavy (non-hydrogen) atoms. The molecule has 0 aliphatic heterocycles. The van der Waals surface area contributed by atoms with Crippen LogP contribution in [0.1, 0.15) is 104 Å². The average molecular weight is 498 g/mol. The van der Waals surface area contributed by atoms with Gasteiger partial charge in [0, 0.05) is 6.20 Å². The normalized spacial score (nSPS) is 11.0. The Hall–Kier alpha value is -3.26. The standard InChI is InChI=1S/C28H39N3O5/c1-5-7-9-23(10-8-6-2)36-28(34)22-15-24(26(30-17-22)27(33)31-25(32)16-29)35-18-20-11-13-21(14-12-20)19(3)4/h11-15,17,19,23H,5-10,16,18,29H2,1-4H3,(H,31,32,33). The molecule has 0 aliphatic rings. The van der Waals surface area contributed by atoms with Crippen LogP contribution >= 0.6 is 0 Å². The summed E-state index contributed by atoms with van der Waals surface area (Å²) >= 11 is 0. The molecule has 2 aromatic rings. The van der Waals surface area contributed by atoms with E-state index in [1.807, 2.05) is 24.3 Å². The van der Waals surface area contributed by atoms with E-state index in [1.54, 1.807) is 0 Å². The Morgan fingerprint density at radius 2 is 1.67 bits per heavy atom. The second-order valence-electron chi connectivity index (χ2n) is 9.15. The molecular weight excluding hydrogens is 458 g/mol. The molecule has 0 fully saturated rings. The largest absolute Gasteiger partial charge is 0.486 e. The number of ether oxygens (including phenoxy) is 2. The number of rotatable bonds is 14. The zero-order valence-corrected chi connectivity index (χ0v) is 21.8. The van der Waals surface area contributed by atoms with Crippen LogP contribution in [0.25, 0.3) is 0 Å². The number of hydrogen-bond donors (Lipinski definition) is 2. The van der Waals surface area contributed by atoms with E-state index >= 15 is 0 Å². The van der Waals surface area contributed by atoms with Crippen molar-refractivity contribution in [3.63, 3.8) is 0 Å². The van der Waals surface area contributed by atoms with E-state index in [0.717, 1.165) is 44.1 Å². The zero-order valence-electron chi connectivity index (χ0n) is 21.8. The predicted octanol–water partition coefficient (Wildman–Crippen LogP) is 4.90. The van der Waals surface area contributed by atoms with Crippen molar-refractivity contribution in [1.29, 1.82) is 0 Å². The van der Waals surface area contributed by atoms with Crippen LogP contribution in [0.15, 0.2) is 36.5 Å². The molecule has 0 unspecified atom stereocenters. The maximum atomic E-state index is 12.9. The molecule has 0 spiro atoms. The number of nitrogens with zero attached hydrogens (tertiary/aromatic N) is 1. The molecular formula is C28H39N3O5. The smallest absolute Gasteiger partial charge is 0.340 e. The van der Waals surface area contributed by atoms with Crippen molar-refractivity contribution in [2.75, 3.05) is 6.54 Å². The summed E-state index contributed by atoms with van der Waals surface area (Å²) < 4.78 is 11.7. The summed E-state index contributed by atoms with van der Waals surface area (Å²) in [7, 11) is 0. The van der Waals surface area contributed by atoms with Gasteiger partial charge in [-0.05, 0) is 36.0 Å². The fourth-order valence-corrected chi connectivity index (χ4v) is 3.58. The van der Waals surface area contributed by atoms with Crippen LogP contribution in [0, 0.1) is 0 Å². The van der Waals surface area contributed by atoms with Crippen LogP contribution < -0.4 is 15.8 Å². The third-order valence-electron chi connectivity index (χ3n) is 5.82. The number of carbonyl (C=O) groups is 3. The Balaban J connectivity index is 2.26. The number of benzene rings is 1. The number of unbranched alkanes of at least 4 members (excludes halogenated alkanes) is 2. The van der Waals surface area contributed by atoms with Crippen LogP contribution in [-0.2, 0) is 16.1 Å². The van der Waals surface area contributed by atoms with Crippen molar-refractivity contribution in [3.8, 4) is 5.75 Å². The first kappa shape index (κ1) is 29.0. The van der Waals surface area contributed by atoms with Gasteiger partial charge in [0.2, 0.25) is 5.91 Å². The third kappa shape index (κ3) is 9.07. The van der Waals surface area contributed by atoms with E-state index in [-0.39, 0.29) is 36.3 Å². The first-order valence-electron chi connectivity index (χ1n) is 12.8. The highest BCUT2D eigenvalue weighted by molar-refractivity contribution is 6.06. The van der Waals surface area contributed by atoms with Gasteiger partial charge < -0.3 is 15.2 Å². The maximum absolute atomic E-state index is 12.9. The Labute approximate surface area is 214 Å². The van der Waals surface area contributed by atoms with Gasteiger partial charge in [0.1, 0.15) is 12.7 Å². The molecule has 0 radical (unpaired) electrons. The first-order valence-corrected chi connectivity index (χ1v) is 12.8. The molecule has 1 aromatic carbocycles. The second-order valence-corrected chi connectivity index (χ2v) is 9.15. The third-order valence-corrected chi connectivity index (χ3v) is 5.82. The Morgan fingerprint density at radius 3 is 2.22 bits per heavy atom. The van der Waals surface area contributed by atoms with Crippen molar-refractivity contribution < 1.29 is 23.9 Å². The van der Waals surface area contributed by atoms with Gasteiger partial charge >= 0.3 is 5.97 Å². The van der Waals surface area contributed by atoms with Crippen molar-refractivity contribution in [2.24, 2.45) is 5.73 Å². The van der Waals surface area contributed by atoms with Gasteiger partial charge in [-0.1, -0.05) is 77.6 Å². The number of hydrogen-bond acceptors (Lipinski definition) is 7. The van der Waals surface area contributed by atoms with E-state index in [9.17, 15) is 14.4 Å². The molecule has 8 heteroatoms. The molecule has 2 amide bonds. The van der Waals surface area contributed by atoms with Crippen molar-refractivity contribution in [3.05, 3.63) is 58.9 Å². The van der Waals surface area contributed by atoms with Gasteiger partial charge in [-0.15, -0.1) is 0 Å². The lowest BCUT2D eigenvalue weighted by Crippen LogP contribution is -2.36. The molecule has 1 aromatic heterocycles. The molecule has 8 nitrogen and oxygen atoms in total. The highest BCUT2D eigenvalue weighted by Gasteiger charge is 2.22. The molecule has 0 aliphatic carbocycles. The van der Waals surface area contributed by atoms with Crippen molar-refractivity contribution in [1.82, 2.24) is 10.3 Å². The molecule has 2 rings (SSSR count). The Kier molecular flexibility index (Phi) is 12.1. The lowest BCUT2D eigenvalue weighted by Gasteiger charge is -2.18. The number of aromatic nitrogens is 1. The van der Waals surface area contributed by atoms with Gasteiger partial charge in [0.25, 0.3) is 5.91 Å². The van der Waals surface area contributed by atoms with E-state index in [1.165, 1.54) is 17.8 Å². The van der Waals surface area contributed by atoms with Crippen LogP contribution in [0.5, 0.6) is 5.75 Å². The van der Waals surface area contributed by atoms with Gasteiger partial charge in [0.05, 0.1) is 12.1 Å². The summed E-state index contributed by atoms with van der Waals surface area (Å²) in [6.07, 6.45) is 6.67. The lowest BCUT2D eigenvalue weighted by molar-refractivity contribution is -0.118. The van der Waals surface area contributed by atoms with E-state index in [2.05, 4.69) is 38.0 Å². The Bertz CT molecular complexity index is 997. The van der Waals surface area contributed by atoms with Crippen LogP contribution in [0.4, 0.5) is 0 Å². The monoisotopic (exact) mass is 497 g/mol. The molecule has 1 heterocycles. The van der Waals surface area contributed by atoms with Crippen molar-refractivity contribution >= 4 is 17.8 Å². The summed E-state index contributed by atoms with van der Waals surface area (Å²) in [6, 6.07) is 9.39. The van der Waals surface area contributed by atoms with Crippen LogP contribution in [0.3, 0.4) is 0 Å². The van der Waals surface area contributed by atoms with Gasteiger partial charge in [-0.3, -0.25) is 14.9 Å². The molecule has 3 N–H and O–H groups in total. The number of nitrogens with two attached hydrogens (primary N) is 1. The van der Waals surface area contributed by atoms with E-state index in [4.69, 9.17) is 15.2 Å². The Morgan fingerprint density at radius 1 is 1.03 bits per heavy atom. The van der Waals surface area contributed by atoms with E-state index in [0.29, 0.717) is 5.92 Å². The average Bonchev–Trinajstić information content (AvgIpc) is 2.88. The molecule has 0 saturated carbocycles. The minimum Gasteiger partial charge on any atom is -0.486 e. The molecule has 0 saturated heterocycles. The summed E-state index contributed by atoms with van der Waals surface area (Å²) in [4.78, 5) is 41.3. The van der Waals surface area contributed by atoms with Crippen molar-refractivity contribution in [2.45, 2.75) is 84.8 Å². The zero-order chi connectivity index (χ0) is 26.5. The molecule has 0 bridgehead atoms. The minimum atomic E-state index is -0.751. The minimum absolute atomic E-state index is 0.0818. The summed E-state index contributed by atoms with van der Waals surface area (Å²) in [6.45, 7) is 8.24. The fraction of sp³-hybridized carbons (Fsp3) is 0.500. The number of esters is 1. The van der Waals surface area contributed by atoms with Gasteiger partial charge in [-0.2, -0.15) is 0 Å². The van der Waals surface area contributed by atoms with Gasteiger partial charge in [0.15, 0.2) is 11.4 Å². The first-order chi connectivity index (χ1) is 17.3. The lowest BCUT2D eigenvalue weighted by atomic mass is 10.0. The van der Waals surface area contributed by atoms with Gasteiger partial charge in [-0.25, -0.2) is 9.78 Å². The molecule has 196 valence electrons. The molecule has 0 atom stereocenters. The highest BCUT2D eigenvalue weighted by Crippen LogP contribution is 2.23. The van der Waals surface area contributed by atoms with Crippen LogP contribution in [0.2, 0.25) is 0 Å². The SMILES string of the molecule is CCCCC(CCCC)OC(=O)c1cnc(C(=O)NC(=O)CN)c(OCc2ccc(C(C)C)cc2)c1. The number of carbonyl (C=O) groups excluding carboxylic acids is 3. The predicted molar refractivity (Wildman–Crippen MR) is 139 cm³/mol. The van der Waals surface area contributed by atoms with E-state index < -0.39 is 17.8 Å². The second kappa shape index (κ2) is 15.0. The summed E-state index contributed by atoms with van der Waals surface area (Å²) in [5.41, 5.74) is 7.46. The maximum Gasteiger partial charge on any atom is 0.340 e. The number of pyridine rings is 1. The summed E-state index contributed by atoms with van der Waals surface area (Å²) in [5.74, 6) is -1.43. The fourth-order valence-electron chi connectivity index (χ4n) is 3.58. The quantitative estimate of drug-likeness (QED) is 0.356. The number of imide groups is 1. The number of nitrogens with one attached hydrogen (secondary N) is 1. The number of amides is 2. The van der Waals surface area contributed by atoms with Crippen LogP contribution in [-0.4, -0.2) is 35.4 Å². The summed E-state index contributed by atoms with van der Waals surface area (Å²) in [5, 5.41) is 2.17. The highest BCUT2D eigenvalue weighted by atomic mass is 16.5. The topological polar surface area (TPSA) is 121 Å².